The molecule has 0 aliphatic rings. The molecule has 0 saturated carbocycles. The Morgan fingerprint density at radius 1 is 1.29 bits per heavy atom. The largest absolute Gasteiger partial charge is 0.417 e. The molecule has 5 heteroatoms. The first-order valence-corrected chi connectivity index (χ1v) is 5.07. The van der Waals surface area contributed by atoms with Crippen LogP contribution in [0.4, 0.5) is 17.6 Å². The van der Waals surface area contributed by atoms with Crippen molar-refractivity contribution in [3.8, 4) is 0 Å². The lowest BCUT2D eigenvalue weighted by molar-refractivity contribution is -0.137. The van der Waals surface area contributed by atoms with E-state index in [1.165, 1.54) is 6.08 Å². The van der Waals surface area contributed by atoms with Crippen LogP contribution in [-0.2, 0) is 6.18 Å². The molecule has 0 radical (unpaired) electrons. The van der Waals surface area contributed by atoms with Crippen LogP contribution in [0, 0.1) is 5.82 Å². The fourth-order valence-corrected chi connectivity index (χ4v) is 1.26. The molecule has 1 rings (SSSR count). The Kier molecular flexibility index (Phi) is 4.28. The van der Waals surface area contributed by atoms with Gasteiger partial charge < -0.3 is 5.32 Å². The minimum absolute atomic E-state index is 0.0407. The molecule has 94 valence electrons. The van der Waals surface area contributed by atoms with Crippen LogP contribution in [0.15, 0.2) is 24.3 Å². The molecule has 1 unspecified atom stereocenters. The van der Waals surface area contributed by atoms with Crippen molar-refractivity contribution in [3.05, 3.63) is 41.2 Å². The average molecular weight is 247 g/mol. The van der Waals surface area contributed by atoms with Crippen molar-refractivity contribution in [1.82, 2.24) is 5.32 Å². The summed E-state index contributed by atoms with van der Waals surface area (Å²) in [6.45, 7) is 1.80. The zero-order valence-corrected chi connectivity index (χ0v) is 9.48. The number of likely N-dealkylation sites (N-methyl/N-ethyl adjacent to an activating group) is 1. The van der Waals surface area contributed by atoms with Gasteiger partial charge in [0, 0.05) is 6.04 Å². The Labute approximate surface area is 97.1 Å². The normalized spacial score (nSPS) is 14.2. The van der Waals surface area contributed by atoms with Crippen LogP contribution in [-0.4, -0.2) is 13.1 Å². The van der Waals surface area contributed by atoms with Gasteiger partial charge in [0.15, 0.2) is 0 Å². The molecular weight excluding hydrogens is 234 g/mol. The quantitative estimate of drug-likeness (QED) is 0.806. The van der Waals surface area contributed by atoms with Gasteiger partial charge in [-0.1, -0.05) is 18.2 Å². The van der Waals surface area contributed by atoms with Crippen molar-refractivity contribution in [2.45, 2.75) is 19.1 Å². The number of halogens is 4. The second-order valence-corrected chi connectivity index (χ2v) is 3.67. The second kappa shape index (κ2) is 5.31. The molecule has 1 aromatic carbocycles. The average Bonchev–Trinajstić information content (AvgIpc) is 2.25. The molecule has 0 spiro atoms. The highest BCUT2D eigenvalue weighted by atomic mass is 19.4. The van der Waals surface area contributed by atoms with E-state index < -0.39 is 17.6 Å². The predicted octanol–water partition coefficient (Wildman–Crippen LogP) is 3.47. The van der Waals surface area contributed by atoms with E-state index in [2.05, 4.69) is 5.32 Å². The standard InChI is InChI=1S/C12H13F4N/c1-8(17-2)3-4-9-5-6-10(13)7-11(9)12(14,15)16/h3-8,17H,1-2H3/b4-3+. The van der Waals surface area contributed by atoms with E-state index in [0.717, 1.165) is 12.1 Å². The van der Waals surface area contributed by atoms with Crippen LogP contribution < -0.4 is 5.32 Å². The summed E-state index contributed by atoms with van der Waals surface area (Å²) in [6.07, 6.45) is -1.63. The molecule has 0 heterocycles. The monoisotopic (exact) mass is 247 g/mol. The van der Waals surface area contributed by atoms with Crippen molar-refractivity contribution < 1.29 is 17.6 Å². The molecule has 0 aliphatic carbocycles. The Balaban J connectivity index is 3.11. The van der Waals surface area contributed by atoms with Gasteiger partial charge in [-0.3, -0.25) is 0 Å². The zero-order valence-electron chi connectivity index (χ0n) is 9.48. The predicted molar refractivity (Wildman–Crippen MR) is 59.0 cm³/mol. The maximum Gasteiger partial charge on any atom is 0.417 e. The molecule has 0 aliphatic heterocycles. The van der Waals surface area contributed by atoms with Gasteiger partial charge in [-0.15, -0.1) is 0 Å². The Morgan fingerprint density at radius 2 is 1.94 bits per heavy atom. The third-order valence-electron chi connectivity index (χ3n) is 2.34. The lowest BCUT2D eigenvalue weighted by Crippen LogP contribution is -2.17. The van der Waals surface area contributed by atoms with Crippen molar-refractivity contribution in [2.24, 2.45) is 0 Å². The van der Waals surface area contributed by atoms with Gasteiger partial charge in [-0.2, -0.15) is 13.2 Å². The molecule has 1 aromatic rings. The minimum Gasteiger partial charge on any atom is -0.314 e. The molecule has 17 heavy (non-hydrogen) atoms. The number of hydrogen-bond donors (Lipinski definition) is 1. The van der Waals surface area contributed by atoms with Gasteiger partial charge in [0.25, 0.3) is 0 Å². The number of hydrogen-bond acceptors (Lipinski definition) is 1. The second-order valence-electron chi connectivity index (χ2n) is 3.67. The highest BCUT2D eigenvalue weighted by Gasteiger charge is 2.33. The molecule has 1 N–H and O–H groups in total. The zero-order chi connectivity index (χ0) is 13.1. The van der Waals surface area contributed by atoms with E-state index in [9.17, 15) is 17.6 Å². The van der Waals surface area contributed by atoms with Crippen LogP contribution >= 0.6 is 0 Å². The molecule has 0 bridgehead atoms. The summed E-state index contributed by atoms with van der Waals surface area (Å²) in [6, 6.07) is 2.58. The third kappa shape index (κ3) is 3.85. The van der Waals surface area contributed by atoms with Crippen molar-refractivity contribution in [1.29, 1.82) is 0 Å². The van der Waals surface area contributed by atoms with Crippen molar-refractivity contribution in [2.75, 3.05) is 7.05 Å². The van der Waals surface area contributed by atoms with Gasteiger partial charge >= 0.3 is 6.18 Å². The topological polar surface area (TPSA) is 12.0 Å². The first-order valence-electron chi connectivity index (χ1n) is 5.07. The summed E-state index contributed by atoms with van der Waals surface area (Å²) in [5.41, 5.74) is -1.00. The van der Waals surface area contributed by atoms with Crippen LogP contribution in [0.2, 0.25) is 0 Å². The smallest absolute Gasteiger partial charge is 0.314 e. The van der Waals surface area contributed by atoms with Gasteiger partial charge in [-0.05, 0) is 31.7 Å². The van der Waals surface area contributed by atoms with Gasteiger partial charge in [0.1, 0.15) is 5.82 Å². The fourth-order valence-electron chi connectivity index (χ4n) is 1.26. The maximum atomic E-state index is 12.8. The Hall–Kier alpha value is -1.36. The summed E-state index contributed by atoms with van der Waals surface area (Å²) in [7, 11) is 1.70. The number of alkyl halides is 3. The van der Waals surface area contributed by atoms with Crippen molar-refractivity contribution in [3.63, 3.8) is 0 Å². The van der Waals surface area contributed by atoms with E-state index in [1.807, 2.05) is 0 Å². The Morgan fingerprint density at radius 3 is 2.47 bits per heavy atom. The molecular formula is C12H13F4N. The minimum atomic E-state index is -4.55. The highest BCUT2D eigenvalue weighted by molar-refractivity contribution is 5.55. The molecule has 0 saturated heterocycles. The van der Waals surface area contributed by atoms with E-state index in [4.69, 9.17) is 0 Å². The summed E-state index contributed by atoms with van der Waals surface area (Å²) in [5, 5.41) is 2.86. The fraction of sp³-hybridized carbons (Fsp3) is 0.333. The van der Waals surface area contributed by atoms with E-state index in [-0.39, 0.29) is 11.6 Å². The van der Waals surface area contributed by atoms with Crippen LogP contribution in [0.1, 0.15) is 18.1 Å². The lowest BCUT2D eigenvalue weighted by atomic mass is 10.1. The highest BCUT2D eigenvalue weighted by Crippen LogP contribution is 2.33. The lowest BCUT2D eigenvalue weighted by Gasteiger charge is -2.11. The van der Waals surface area contributed by atoms with E-state index in [1.54, 1.807) is 20.0 Å². The molecule has 0 amide bonds. The van der Waals surface area contributed by atoms with E-state index in [0.29, 0.717) is 6.07 Å². The van der Waals surface area contributed by atoms with Gasteiger partial charge in [0.05, 0.1) is 5.56 Å². The first-order chi connectivity index (χ1) is 7.84. The van der Waals surface area contributed by atoms with Crippen molar-refractivity contribution >= 4 is 6.08 Å². The molecule has 1 atom stereocenters. The molecule has 0 fully saturated rings. The third-order valence-corrected chi connectivity index (χ3v) is 2.34. The number of rotatable bonds is 3. The van der Waals surface area contributed by atoms with Crippen LogP contribution in [0.3, 0.4) is 0 Å². The van der Waals surface area contributed by atoms with Crippen LogP contribution in [0.25, 0.3) is 6.08 Å². The van der Waals surface area contributed by atoms with Gasteiger partial charge in [0.2, 0.25) is 0 Å². The van der Waals surface area contributed by atoms with E-state index >= 15 is 0 Å². The number of benzene rings is 1. The molecule has 0 aromatic heterocycles. The molecule has 1 nitrogen and oxygen atoms in total. The first kappa shape index (κ1) is 13.7. The van der Waals surface area contributed by atoms with Gasteiger partial charge in [-0.25, -0.2) is 4.39 Å². The maximum absolute atomic E-state index is 12.8. The van der Waals surface area contributed by atoms with Crippen LogP contribution in [0.5, 0.6) is 0 Å². The summed E-state index contributed by atoms with van der Waals surface area (Å²) >= 11 is 0. The SMILES string of the molecule is CNC(C)/C=C/c1ccc(F)cc1C(F)(F)F. The number of nitrogens with one attached hydrogen (secondary N) is 1. The summed E-state index contributed by atoms with van der Waals surface area (Å²) < 4.78 is 50.7. The summed E-state index contributed by atoms with van der Waals surface area (Å²) in [5.74, 6) is -0.892. The summed E-state index contributed by atoms with van der Waals surface area (Å²) in [4.78, 5) is 0. The Bertz CT molecular complexity index is 409.